The Kier molecular flexibility index (Phi) is 3.04. The van der Waals surface area contributed by atoms with Gasteiger partial charge in [-0.25, -0.2) is 0 Å². The second kappa shape index (κ2) is 4.90. The standard InChI is InChI=1S/C16H23N3O/c20-16(15-9-14(17-18-15)12-5-6-12)19-8-7-11-3-1-2-4-13(11)10-19/h9,11-13H,1-8,10H2,(H,17,18)/t11-,13+/m1/s1. The van der Waals surface area contributed by atoms with Crippen LogP contribution in [-0.2, 0) is 0 Å². The van der Waals surface area contributed by atoms with Gasteiger partial charge in [0.1, 0.15) is 5.69 Å². The van der Waals surface area contributed by atoms with E-state index in [4.69, 9.17) is 0 Å². The molecule has 4 nitrogen and oxygen atoms in total. The molecule has 1 aromatic rings. The molecule has 0 unspecified atom stereocenters. The summed E-state index contributed by atoms with van der Waals surface area (Å²) in [5.74, 6) is 2.38. The molecule has 1 aromatic heterocycles. The Labute approximate surface area is 119 Å². The normalized spacial score (nSPS) is 30.1. The molecule has 1 amide bonds. The number of piperidine rings is 1. The lowest BCUT2D eigenvalue weighted by molar-refractivity contribution is 0.0515. The highest BCUT2D eigenvalue weighted by atomic mass is 16.2. The van der Waals surface area contributed by atoms with E-state index in [-0.39, 0.29) is 5.91 Å². The SMILES string of the molecule is O=C(c1cc(C2CC2)[nH]n1)N1CC[C@H]2CCCC[C@H]2C1. The molecule has 2 heterocycles. The summed E-state index contributed by atoms with van der Waals surface area (Å²) in [6, 6.07) is 1.98. The van der Waals surface area contributed by atoms with E-state index in [1.807, 2.05) is 11.0 Å². The van der Waals surface area contributed by atoms with Gasteiger partial charge in [0.05, 0.1) is 0 Å². The molecule has 1 aliphatic heterocycles. The smallest absolute Gasteiger partial charge is 0.274 e. The average molecular weight is 273 g/mol. The van der Waals surface area contributed by atoms with Crippen LogP contribution in [0.2, 0.25) is 0 Å². The van der Waals surface area contributed by atoms with Crippen LogP contribution in [-0.4, -0.2) is 34.1 Å². The molecule has 3 fully saturated rings. The van der Waals surface area contributed by atoms with Crippen molar-refractivity contribution in [3.05, 3.63) is 17.5 Å². The molecule has 1 saturated heterocycles. The number of aromatic amines is 1. The van der Waals surface area contributed by atoms with Crippen LogP contribution in [0.5, 0.6) is 0 Å². The van der Waals surface area contributed by atoms with E-state index >= 15 is 0 Å². The second-order valence-corrected chi connectivity index (χ2v) is 6.83. The lowest BCUT2D eigenvalue weighted by Gasteiger charge is -2.41. The van der Waals surface area contributed by atoms with Gasteiger partial charge in [0, 0.05) is 24.7 Å². The summed E-state index contributed by atoms with van der Waals surface area (Å²) in [5, 5.41) is 7.29. The van der Waals surface area contributed by atoms with Gasteiger partial charge in [0.25, 0.3) is 5.91 Å². The topological polar surface area (TPSA) is 49.0 Å². The molecule has 0 spiro atoms. The molecule has 2 saturated carbocycles. The Morgan fingerprint density at radius 3 is 2.75 bits per heavy atom. The van der Waals surface area contributed by atoms with Crippen LogP contribution in [0.1, 0.15) is 67.0 Å². The highest BCUT2D eigenvalue weighted by molar-refractivity contribution is 5.92. The number of nitrogens with zero attached hydrogens (tertiary/aromatic N) is 2. The number of hydrogen-bond donors (Lipinski definition) is 1. The van der Waals surface area contributed by atoms with Gasteiger partial charge < -0.3 is 4.90 Å². The number of rotatable bonds is 2. The summed E-state index contributed by atoms with van der Waals surface area (Å²) in [6.07, 6.45) is 9.09. The van der Waals surface area contributed by atoms with Gasteiger partial charge in [-0.05, 0) is 43.6 Å². The van der Waals surface area contributed by atoms with Crippen molar-refractivity contribution in [1.82, 2.24) is 15.1 Å². The van der Waals surface area contributed by atoms with Crippen molar-refractivity contribution in [2.24, 2.45) is 11.8 Å². The molecule has 3 aliphatic rings. The maximum Gasteiger partial charge on any atom is 0.274 e. The van der Waals surface area contributed by atoms with Crippen LogP contribution < -0.4 is 0 Å². The molecule has 20 heavy (non-hydrogen) atoms. The van der Waals surface area contributed by atoms with Crippen molar-refractivity contribution in [3.8, 4) is 0 Å². The predicted octanol–water partition coefficient (Wildman–Crippen LogP) is 2.94. The number of H-pyrrole nitrogens is 1. The summed E-state index contributed by atoms with van der Waals surface area (Å²) >= 11 is 0. The van der Waals surface area contributed by atoms with E-state index in [9.17, 15) is 4.79 Å². The minimum Gasteiger partial charge on any atom is -0.337 e. The molecule has 2 atom stereocenters. The van der Waals surface area contributed by atoms with Crippen LogP contribution in [0.3, 0.4) is 0 Å². The number of carbonyl (C=O) groups excluding carboxylic acids is 1. The monoisotopic (exact) mass is 273 g/mol. The van der Waals surface area contributed by atoms with E-state index < -0.39 is 0 Å². The average Bonchev–Trinajstić information content (AvgIpc) is 3.23. The van der Waals surface area contributed by atoms with Gasteiger partial charge in [-0.1, -0.05) is 19.3 Å². The number of nitrogens with one attached hydrogen (secondary N) is 1. The van der Waals surface area contributed by atoms with Crippen LogP contribution in [0.25, 0.3) is 0 Å². The lowest BCUT2D eigenvalue weighted by Crippen LogP contribution is -2.44. The molecule has 0 radical (unpaired) electrons. The summed E-state index contributed by atoms with van der Waals surface area (Å²) in [6.45, 7) is 1.88. The quantitative estimate of drug-likeness (QED) is 0.900. The van der Waals surface area contributed by atoms with E-state index in [1.165, 1.54) is 44.9 Å². The maximum atomic E-state index is 12.6. The summed E-state index contributed by atoms with van der Waals surface area (Å²) in [5.41, 5.74) is 1.78. The van der Waals surface area contributed by atoms with Crippen molar-refractivity contribution in [1.29, 1.82) is 0 Å². The summed E-state index contributed by atoms with van der Waals surface area (Å²) in [4.78, 5) is 14.6. The van der Waals surface area contributed by atoms with E-state index in [0.29, 0.717) is 11.6 Å². The summed E-state index contributed by atoms with van der Waals surface area (Å²) in [7, 11) is 0. The number of hydrogen-bond acceptors (Lipinski definition) is 2. The first-order valence-corrected chi connectivity index (χ1v) is 8.16. The third-order valence-electron chi connectivity index (χ3n) is 5.41. The first kappa shape index (κ1) is 12.4. The van der Waals surface area contributed by atoms with Crippen LogP contribution in [0, 0.1) is 11.8 Å². The van der Waals surface area contributed by atoms with Gasteiger partial charge in [0.2, 0.25) is 0 Å². The molecular weight excluding hydrogens is 250 g/mol. The Bertz CT molecular complexity index is 506. The van der Waals surface area contributed by atoms with E-state index in [2.05, 4.69) is 10.2 Å². The third kappa shape index (κ3) is 2.25. The van der Waals surface area contributed by atoms with Crippen molar-refractivity contribution in [2.75, 3.05) is 13.1 Å². The lowest BCUT2D eigenvalue weighted by atomic mass is 9.75. The highest BCUT2D eigenvalue weighted by Gasteiger charge is 2.34. The fraction of sp³-hybridized carbons (Fsp3) is 0.750. The second-order valence-electron chi connectivity index (χ2n) is 6.83. The largest absolute Gasteiger partial charge is 0.337 e. The minimum absolute atomic E-state index is 0.136. The third-order valence-corrected chi connectivity index (χ3v) is 5.41. The van der Waals surface area contributed by atoms with Crippen LogP contribution in [0.15, 0.2) is 6.07 Å². The molecule has 108 valence electrons. The van der Waals surface area contributed by atoms with E-state index in [1.54, 1.807) is 0 Å². The zero-order valence-corrected chi connectivity index (χ0v) is 12.0. The van der Waals surface area contributed by atoms with Gasteiger partial charge in [-0.2, -0.15) is 5.10 Å². The number of carbonyl (C=O) groups is 1. The van der Waals surface area contributed by atoms with Gasteiger partial charge in [-0.15, -0.1) is 0 Å². The first-order valence-electron chi connectivity index (χ1n) is 8.16. The fourth-order valence-electron chi connectivity index (χ4n) is 4.00. The molecule has 0 bridgehead atoms. The van der Waals surface area contributed by atoms with Crippen LogP contribution >= 0.6 is 0 Å². The van der Waals surface area contributed by atoms with Gasteiger partial charge in [-0.3, -0.25) is 9.89 Å². The Hall–Kier alpha value is -1.32. The number of likely N-dealkylation sites (tertiary alicyclic amines) is 1. The highest BCUT2D eigenvalue weighted by Crippen LogP contribution is 2.39. The molecule has 4 heteroatoms. The van der Waals surface area contributed by atoms with Crippen molar-refractivity contribution in [3.63, 3.8) is 0 Å². The Morgan fingerprint density at radius 2 is 1.95 bits per heavy atom. The van der Waals surface area contributed by atoms with Gasteiger partial charge in [0.15, 0.2) is 0 Å². The maximum absolute atomic E-state index is 12.6. The first-order chi connectivity index (χ1) is 9.81. The summed E-state index contributed by atoms with van der Waals surface area (Å²) < 4.78 is 0. The van der Waals surface area contributed by atoms with Crippen LogP contribution in [0.4, 0.5) is 0 Å². The van der Waals surface area contributed by atoms with E-state index in [0.717, 1.165) is 30.6 Å². The number of amides is 1. The molecule has 0 aromatic carbocycles. The van der Waals surface area contributed by atoms with Crippen molar-refractivity contribution in [2.45, 2.75) is 50.9 Å². The minimum atomic E-state index is 0.136. The molecule has 4 rings (SSSR count). The number of aromatic nitrogens is 2. The zero-order valence-electron chi connectivity index (χ0n) is 12.0. The Balaban J connectivity index is 1.44. The Morgan fingerprint density at radius 1 is 1.15 bits per heavy atom. The van der Waals surface area contributed by atoms with Crippen molar-refractivity contribution < 1.29 is 4.79 Å². The van der Waals surface area contributed by atoms with Crippen molar-refractivity contribution >= 4 is 5.91 Å². The predicted molar refractivity (Wildman–Crippen MR) is 76.5 cm³/mol. The molecule has 1 N–H and O–H groups in total. The molecule has 2 aliphatic carbocycles. The zero-order chi connectivity index (χ0) is 13.5. The fourth-order valence-corrected chi connectivity index (χ4v) is 4.00. The molecular formula is C16H23N3O. The van der Waals surface area contributed by atoms with Gasteiger partial charge >= 0.3 is 0 Å². The number of fused-ring (bicyclic) bond motifs is 1.